The molecule has 0 atom stereocenters. The monoisotopic (exact) mass is 478 g/mol. The number of aryl methyl sites for hydroxylation is 2. The summed E-state index contributed by atoms with van der Waals surface area (Å²) in [5.74, 6) is 1.42. The van der Waals surface area contributed by atoms with Crippen molar-refractivity contribution >= 4 is 31.9 Å². The Hall–Kier alpha value is -4.23. The second-order valence-corrected chi connectivity index (χ2v) is 10.7. The fourth-order valence-corrected chi connectivity index (χ4v) is 5.50. The van der Waals surface area contributed by atoms with Gasteiger partial charge in [0.25, 0.3) is 0 Å². The second-order valence-electron chi connectivity index (χ2n) is 8.76. The van der Waals surface area contributed by atoms with Crippen LogP contribution < -0.4 is 0 Å². The first-order valence-electron chi connectivity index (χ1n) is 11.3. The van der Waals surface area contributed by atoms with E-state index in [2.05, 4.69) is 19.9 Å². The smallest absolute Gasteiger partial charge is 0.206 e. The van der Waals surface area contributed by atoms with Crippen molar-refractivity contribution in [3.8, 4) is 22.8 Å². The molecular formula is C28H22N4O2S. The quantitative estimate of drug-likeness (QED) is 0.314. The lowest BCUT2D eigenvalue weighted by Gasteiger charge is -2.06. The van der Waals surface area contributed by atoms with Crippen LogP contribution in [-0.2, 0) is 9.84 Å². The van der Waals surface area contributed by atoms with E-state index < -0.39 is 9.84 Å². The molecule has 2 aromatic heterocycles. The van der Waals surface area contributed by atoms with E-state index in [-0.39, 0.29) is 9.79 Å². The van der Waals surface area contributed by atoms with Gasteiger partial charge >= 0.3 is 0 Å². The number of rotatable bonds is 4. The normalized spacial score (nSPS) is 11.9. The van der Waals surface area contributed by atoms with Crippen molar-refractivity contribution in [3.05, 3.63) is 96.1 Å². The number of sulfone groups is 1. The molecular weight excluding hydrogens is 456 g/mol. The van der Waals surface area contributed by atoms with Crippen molar-refractivity contribution in [3.63, 3.8) is 0 Å². The number of nitrogens with zero attached hydrogens (tertiary/aromatic N) is 2. The van der Waals surface area contributed by atoms with Crippen molar-refractivity contribution in [1.29, 1.82) is 0 Å². The number of benzene rings is 4. The zero-order valence-corrected chi connectivity index (χ0v) is 20.0. The highest BCUT2D eigenvalue weighted by Crippen LogP contribution is 2.28. The summed E-state index contributed by atoms with van der Waals surface area (Å²) >= 11 is 0. The minimum Gasteiger partial charge on any atom is -0.338 e. The molecule has 0 radical (unpaired) electrons. The van der Waals surface area contributed by atoms with Crippen molar-refractivity contribution in [1.82, 2.24) is 19.9 Å². The molecule has 35 heavy (non-hydrogen) atoms. The average Bonchev–Trinajstić information content (AvgIpc) is 3.48. The van der Waals surface area contributed by atoms with Crippen LogP contribution in [0.25, 0.3) is 44.8 Å². The molecule has 2 heterocycles. The van der Waals surface area contributed by atoms with Crippen molar-refractivity contribution in [2.24, 2.45) is 0 Å². The molecule has 6 aromatic rings. The van der Waals surface area contributed by atoms with Crippen LogP contribution >= 0.6 is 0 Å². The number of hydrogen-bond donors (Lipinski definition) is 2. The maximum Gasteiger partial charge on any atom is 0.206 e. The van der Waals surface area contributed by atoms with Crippen molar-refractivity contribution < 1.29 is 8.42 Å². The lowest BCUT2D eigenvalue weighted by Crippen LogP contribution is -2.02. The first-order chi connectivity index (χ1) is 16.9. The van der Waals surface area contributed by atoms with Gasteiger partial charge < -0.3 is 9.97 Å². The van der Waals surface area contributed by atoms with Gasteiger partial charge in [-0.3, -0.25) is 0 Å². The summed E-state index contributed by atoms with van der Waals surface area (Å²) in [4.78, 5) is 16.3. The molecule has 172 valence electrons. The number of hydrogen-bond acceptors (Lipinski definition) is 4. The van der Waals surface area contributed by atoms with Gasteiger partial charge in [0.05, 0.1) is 31.9 Å². The Balaban J connectivity index is 1.28. The molecule has 0 saturated carbocycles. The average molecular weight is 479 g/mol. The third kappa shape index (κ3) is 3.80. The molecule has 0 saturated heterocycles. The van der Waals surface area contributed by atoms with Crippen molar-refractivity contribution in [2.75, 3.05) is 0 Å². The Bertz CT molecular complexity index is 1680. The largest absolute Gasteiger partial charge is 0.338 e. The molecule has 0 bridgehead atoms. The van der Waals surface area contributed by atoms with Crippen LogP contribution in [-0.4, -0.2) is 28.4 Å². The van der Waals surface area contributed by atoms with E-state index >= 15 is 0 Å². The number of imidazole rings is 2. The second kappa shape index (κ2) is 7.92. The van der Waals surface area contributed by atoms with Crippen LogP contribution in [0.5, 0.6) is 0 Å². The summed E-state index contributed by atoms with van der Waals surface area (Å²) in [5.41, 5.74) is 7.62. The maximum atomic E-state index is 13.2. The standard InChI is InChI=1S/C28H22N4O2S/c1-17-3-13-23-25(15-17)31-27(29-23)19-5-9-21(10-6-19)35(33,34)22-11-7-20(8-12-22)28-30-24-14-4-18(2)16-26(24)32-28/h3-16H,1-2H3,(H,29,31)(H,30,32). The minimum atomic E-state index is -3.66. The number of fused-ring (bicyclic) bond motifs is 2. The minimum absolute atomic E-state index is 0.236. The number of aromatic amines is 2. The predicted molar refractivity (Wildman–Crippen MR) is 138 cm³/mol. The third-order valence-electron chi connectivity index (χ3n) is 6.15. The predicted octanol–water partition coefficient (Wildman–Crippen LogP) is 6.22. The highest BCUT2D eigenvalue weighted by molar-refractivity contribution is 7.91. The van der Waals surface area contributed by atoms with E-state index in [1.807, 2.05) is 50.2 Å². The van der Waals surface area contributed by atoms with E-state index in [0.717, 1.165) is 44.3 Å². The summed E-state index contributed by atoms with van der Waals surface area (Å²) in [5, 5.41) is 0. The van der Waals surface area contributed by atoms with E-state index in [4.69, 9.17) is 0 Å². The fourth-order valence-electron chi connectivity index (χ4n) is 4.24. The SMILES string of the molecule is Cc1ccc2nc(-c3ccc(S(=O)(=O)c4ccc(-c5nc6ccc(C)cc6[nH]5)cc4)cc3)[nH]c2c1. The molecule has 0 aliphatic heterocycles. The molecule has 0 aliphatic carbocycles. The highest BCUT2D eigenvalue weighted by atomic mass is 32.2. The van der Waals surface area contributed by atoms with Gasteiger partial charge in [0.2, 0.25) is 9.84 Å². The van der Waals surface area contributed by atoms with Gasteiger partial charge in [-0.15, -0.1) is 0 Å². The lowest BCUT2D eigenvalue weighted by atomic mass is 10.2. The van der Waals surface area contributed by atoms with E-state index in [9.17, 15) is 8.42 Å². The number of nitrogens with one attached hydrogen (secondary N) is 2. The number of aromatic nitrogens is 4. The van der Waals surface area contributed by atoms with Crippen LogP contribution in [0.4, 0.5) is 0 Å². The summed E-state index contributed by atoms with van der Waals surface area (Å²) < 4.78 is 26.5. The molecule has 0 unspecified atom stereocenters. The summed E-state index contributed by atoms with van der Waals surface area (Å²) in [6.07, 6.45) is 0. The fraction of sp³-hybridized carbons (Fsp3) is 0.0714. The molecule has 6 rings (SSSR count). The van der Waals surface area contributed by atoms with E-state index in [1.54, 1.807) is 48.5 Å². The molecule has 0 aliphatic rings. The van der Waals surface area contributed by atoms with E-state index in [1.165, 1.54) is 0 Å². The summed E-state index contributed by atoms with van der Waals surface area (Å²) in [6.45, 7) is 4.06. The Kier molecular flexibility index (Phi) is 4.82. The molecule has 0 spiro atoms. The molecule has 0 amide bonds. The topological polar surface area (TPSA) is 91.5 Å². The summed E-state index contributed by atoms with van der Waals surface area (Å²) in [7, 11) is -3.66. The Morgan fingerprint density at radius 1 is 0.571 bits per heavy atom. The zero-order valence-electron chi connectivity index (χ0n) is 19.2. The summed E-state index contributed by atoms with van der Waals surface area (Å²) in [6, 6.07) is 25.7. The first-order valence-corrected chi connectivity index (χ1v) is 12.7. The van der Waals surface area contributed by atoms with Gasteiger partial charge in [-0.25, -0.2) is 18.4 Å². The first kappa shape index (κ1) is 21.3. The maximum absolute atomic E-state index is 13.2. The third-order valence-corrected chi connectivity index (χ3v) is 7.94. The number of H-pyrrole nitrogens is 2. The van der Waals surface area contributed by atoms with Crippen molar-refractivity contribution in [2.45, 2.75) is 23.6 Å². The highest BCUT2D eigenvalue weighted by Gasteiger charge is 2.18. The lowest BCUT2D eigenvalue weighted by molar-refractivity contribution is 0.596. The van der Waals surface area contributed by atoms with Gasteiger partial charge in [-0.1, -0.05) is 12.1 Å². The Morgan fingerprint density at radius 2 is 0.971 bits per heavy atom. The molecule has 7 heteroatoms. The zero-order chi connectivity index (χ0) is 24.2. The van der Waals surface area contributed by atoms with Crippen LogP contribution in [0.3, 0.4) is 0 Å². The molecule has 2 N–H and O–H groups in total. The van der Waals surface area contributed by atoms with Crippen LogP contribution in [0.2, 0.25) is 0 Å². The Morgan fingerprint density at radius 3 is 1.37 bits per heavy atom. The molecule has 6 nitrogen and oxygen atoms in total. The van der Waals surface area contributed by atoms with Crippen LogP contribution in [0.1, 0.15) is 11.1 Å². The molecule has 4 aromatic carbocycles. The van der Waals surface area contributed by atoms with Gasteiger partial charge in [0.1, 0.15) is 11.6 Å². The van der Waals surface area contributed by atoms with Gasteiger partial charge in [0.15, 0.2) is 0 Å². The molecule has 0 fully saturated rings. The van der Waals surface area contributed by atoms with Crippen LogP contribution in [0.15, 0.2) is 94.7 Å². The van der Waals surface area contributed by atoms with Crippen LogP contribution in [0, 0.1) is 13.8 Å². The van der Waals surface area contributed by atoms with Gasteiger partial charge in [-0.2, -0.15) is 0 Å². The van der Waals surface area contributed by atoms with Gasteiger partial charge in [0, 0.05) is 11.1 Å². The Labute approximate surface area is 202 Å². The van der Waals surface area contributed by atoms with Gasteiger partial charge in [-0.05, 0) is 97.8 Å². The van der Waals surface area contributed by atoms with E-state index in [0.29, 0.717) is 11.6 Å².